The van der Waals surface area contributed by atoms with Gasteiger partial charge in [-0.1, -0.05) is 35.4 Å². The topological polar surface area (TPSA) is 139 Å². The summed E-state index contributed by atoms with van der Waals surface area (Å²) >= 11 is 0. The molecule has 40 heavy (non-hydrogen) atoms. The van der Waals surface area contributed by atoms with E-state index < -0.39 is 33.3 Å². The van der Waals surface area contributed by atoms with Crippen LogP contribution < -0.4 is 10.1 Å². The third kappa shape index (κ3) is 6.08. The van der Waals surface area contributed by atoms with Crippen LogP contribution in [-0.2, 0) is 22.6 Å². The molecular weight excluding hydrogens is 549 g/mol. The predicted molar refractivity (Wildman–Crippen MR) is 141 cm³/mol. The molecule has 0 saturated carbocycles. The normalized spacial score (nSPS) is 11.5. The molecule has 1 heterocycles. The van der Waals surface area contributed by atoms with Crippen LogP contribution in [-0.4, -0.2) is 37.5 Å². The summed E-state index contributed by atoms with van der Waals surface area (Å²) in [6.45, 7) is -0.234. The van der Waals surface area contributed by atoms with Crippen LogP contribution in [0, 0.1) is 0 Å². The molecule has 0 aliphatic carbocycles. The number of amides is 1. The van der Waals surface area contributed by atoms with Gasteiger partial charge in [-0.05, 0) is 53.1 Å². The summed E-state index contributed by atoms with van der Waals surface area (Å²) in [5, 5.41) is 9.65. The van der Waals surface area contributed by atoms with Crippen LogP contribution in [0.3, 0.4) is 0 Å². The second-order valence-corrected chi connectivity index (χ2v) is 10.5. The molecule has 1 amide bonds. The van der Waals surface area contributed by atoms with Crippen molar-refractivity contribution in [2.75, 3.05) is 18.7 Å². The third-order valence-electron chi connectivity index (χ3n) is 5.79. The number of rotatable bonds is 8. The first kappa shape index (κ1) is 28.2. The minimum atomic E-state index is -4.84. The van der Waals surface area contributed by atoms with Crippen LogP contribution in [0.4, 0.5) is 18.9 Å². The van der Waals surface area contributed by atoms with E-state index in [2.05, 4.69) is 20.4 Å². The summed E-state index contributed by atoms with van der Waals surface area (Å²) in [4.78, 5) is 16.0. The van der Waals surface area contributed by atoms with Gasteiger partial charge in [-0.2, -0.15) is 18.3 Å². The van der Waals surface area contributed by atoms with Crippen LogP contribution in [0.5, 0.6) is 5.75 Å². The van der Waals surface area contributed by atoms with Gasteiger partial charge in [0, 0.05) is 28.5 Å². The summed E-state index contributed by atoms with van der Waals surface area (Å²) in [6.07, 6.45) is -3.74. The molecule has 1 aromatic heterocycles. The summed E-state index contributed by atoms with van der Waals surface area (Å²) in [7, 11) is -2.11. The lowest BCUT2D eigenvalue weighted by Gasteiger charge is -2.13. The van der Waals surface area contributed by atoms with Gasteiger partial charge in [-0.3, -0.25) is 4.79 Å². The van der Waals surface area contributed by atoms with Gasteiger partial charge in [0.05, 0.1) is 24.2 Å². The molecule has 0 bridgehead atoms. The fraction of sp³-hybridized carbons (Fsp3) is 0.154. The number of hydrogen-bond acceptors (Lipinski definition) is 6. The van der Waals surface area contributed by atoms with Crippen LogP contribution in [0.1, 0.15) is 21.7 Å². The Kier molecular flexibility index (Phi) is 7.84. The maximum atomic E-state index is 13.6. The van der Waals surface area contributed by atoms with E-state index in [1.165, 1.54) is 43.5 Å². The van der Waals surface area contributed by atoms with Crippen LogP contribution in [0.25, 0.3) is 27.3 Å². The molecular formula is C26H21F3N6O4S. The number of sulfone groups is 1. The Bertz CT molecular complexity index is 1730. The second kappa shape index (κ2) is 11.1. The fourth-order valence-electron chi connectivity index (χ4n) is 3.95. The van der Waals surface area contributed by atoms with E-state index >= 15 is 0 Å². The van der Waals surface area contributed by atoms with Gasteiger partial charge < -0.3 is 10.1 Å². The maximum Gasteiger partial charge on any atom is 0.435 e. The number of anilines is 1. The smallest absolute Gasteiger partial charge is 0.435 e. The van der Waals surface area contributed by atoms with Crippen LogP contribution in [0.15, 0.2) is 82.8 Å². The second-order valence-electron chi connectivity index (χ2n) is 8.51. The molecule has 0 atom stereocenters. The number of carbonyl (C=O) groups is 1. The largest absolute Gasteiger partial charge is 0.497 e. The van der Waals surface area contributed by atoms with E-state index in [9.17, 15) is 26.4 Å². The van der Waals surface area contributed by atoms with E-state index in [1.54, 1.807) is 30.3 Å². The molecule has 0 saturated heterocycles. The lowest BCUT2D eigenvalue weighted by molar-refractivity contribution is -0.141. The van der Waals surface area contributed by atoms with E-state index in [-0.39, 0.29) is 28.4 Å². The summed E-state index contributed by atoms with van der Waals surface area (Å²) in [5.41, 5.74) is 8.65. The van der Waals surface area contributed by atoms with Crippen molar-refractivity contribution < 1.29 is 31.1 Å². The van der Waals surface area contributed by atoms with Gasteiger partial charge in [0.15, 0.2) is 15.5 Å². The van der Waals surface area contributed by atoms with Crippen molar-refractivity contribution in [3.63, 3.8) is 0 Å². The molecule has 14 heteroatoms. The van der Waals surface area contributed by atoms with Gasteiger partial charge in [-0.15, -0.1) is 0 Å². The number of carbonyl (C=O) groups excluding carboxylic acids is 1. The van der Waals surface area contributed by atoms with E-state index in [4.69, 9.17) is 10.3 Å². The molecule has 0 fully saturated rings. The highest BCUT2D eigenvalue weighted by Crippen LogP contribution is 2.32. The molecule has 1 N–H and O–H groups in total. The van der Waals surface area contributed by atoms with Crippen molar-refractivity contribution in [1.29, 1.82) is 0 Å². The molecule has 0 radical (unpaired) electrons. The number of nitrogens with one attached hydrogen (secondary N) is 1. The maximum absolute atomic E-state index is 13.6. The Morgan fingerprint density at radius 1 is 1.10 bits per heavy atom. The zero-order chi connectivity index (χ0) is 29.1. The first-order chi connectivity index (χ1) is 18.9. The lowest BCUT2D eigenvalue weighted by Crippen LogP contribution is -2.17. The van der Waals surface area contributed by atoms with Crippen molar-refractivity contribution in [2.45, 2.75) is 17.6 Å². The fourth-order valence-corrected chi connectivity index (χ4v) is 4.86. The monoisotopic (exact) mass is 570 g/mol. The zero-order valence-electron chi connectivity index (χ0n) is 21.0. The lowest BCUT2D eigenvalue weighted by atomic mass is 10.1. The molecule has 10 nitrogen and oxygen atoms in total. The SMILES string of the molecule is COc1ccc(-n2nc(C(F)(F)F)cc2C(=O)Nc2ccc(-c3ccccc3S(C)(=O)=O)cc2)c(CN=[N+]=[N-])c1. The Morgan fingerprint density at radius 3 is 2.42 bits per heavy atom. The van der Waals surface area contributed by atoms with Crippen LogP contribution >= 0.6 is 0 Å². The first-order valence-corrected chi connectivity index (χ1v) is 13.4. The standard InChI is InChI=1S/C26H21F3N6O4S/c1-39-19-11-12-21(17(13-19)15-31-34-30)35-22(14-24(33-35)26(27,28)29)25(36)32-18-9-7-16(8-10-18)20-5-3-4-6-23(20)40(2,37)38/h3-14H,15H2,1-2H3,(H,32,36). The summed E-state index contributed by atoms with van der Waals surface area (Å²) in [5.74, 6) is -0.531. The Labute approximate surface area is 226 Å². The average Bonchev–Trinajstić information content (AvgIpc) is 3.38. The molecule has 0 aliphatic rings. The van der Waals surface area contributed by atoms with Crippen molar-refractivity contribution in [3.8, 4) is 22.6 Å². The van der Waals surface area contributed by atoms with Crippen molar-refractivity contribution >= 4 is 21.4 Å². The van der Waals surface area contributed by atoms with Gasteiger partial charge in [0.1, 0.15) is 11.4 Å². The number of ether oxygens (including phenoxy) is 1. The Hall–Kier alpha value is -4.81. The third-order valence-corrected chi connectivity index (χ3v) is 6.95. The minimum absolute atomic E-state index is 0.0848. The van der Waals surface area contributed by atoms with E-state index in [0.29, 0.717) is 22.9 Å². The predicted octanol–water partition coefficient (Wildman–Crippen LogP) is 6.03. The van der Waals surface area contributed by atoms with Gasteiger partial charge in [0.25, 0.3) is 5.91 Å². The molecule has 3 aromatic carbocycles. The molecule has 4 aromatic rings. The number of halogens is 3. The molecule has 4 rings (SSSR count). The molecule has 0 spiro atoms. The highest BCUT2D eigenvalue weighted by Gasteiger charge is 2.36. The number of azide groups is 1. The highest BCUT2D eigenvalue weighted by molar-refractivity contribution is 7.90. The number of methoxy groups -OCH3 is 1. The highest BCUT2D eigenvalue weighted by atomic mass is 32.2. The number of aromatic nitrogens is 2. The van der Waals surface area contributed by atoms with E-state index in [0.717, 1.165) is 10.9 Å². The Morgan fingerprint density at radius 2 is 1.80 bits per heavy atom. The average molecular weight is 571 g/mol. The van der Waals surface area contributed by atoms with E-state index in [1.807, 2.05) is 0 Å². The van der Waals surface area contributed by atoms with Gasteiger partial charge >= 0.3 is 6.18 Å². The number of benzene rings is 3. The molecule has 0 aliphatic heterocycles. The molecule has 0 unspecified atom stereocenters. The van der Waals surface area contributed by atoms with Crippen molar-refractivity contribution in [2.24, 2.45) is 5.11 Å². The molecule has 206 valence electrons. The first-order valence-electron chi connectivity index (χ1n) is 11.5. The number of alkyl halides is 3. The zero-order valence-corrected chi connectivity index (χ0v) is 21.9. The minimum Gasteiger partial charge on any atom is -0.497 e. The summed E-state index contributed by atoms with van der Waals surface area (Å²) in [6, 6.07) is 17.5. The number of hydrogen-bond donors (Lipinski definition) is 1. The van der Waals surface area contributed by atoms with Gasteiger partial charge in [0.2, 0.25) is 0 Å². The number of nitrogens with zero attached hydrogens (tertiary/aromatic N) is 5. The van der Waals surface area contributed by atoms with Crippen molar-refractivity contribution in [1.82, 2.24) is 9.78 Å². The quantitative estimate of drug-likeness (QED) is 0.156. The Balaban J connectivity index is 1.71. The van der Waals surface area contributed by atoms with Crippen LogP contribution in [0.2, 0.25) is 0 Å². The summed E-state index contributed by atoms with van der Waals surface area (Å²) < 4.78 is 71.1. The van der Waals surface area contributed by atoms with Gasteiger partial charge in [-0.25, -0.2) is 13.1 Å². The van der Waals surface area contributed by atoms with Crippen molar-refractivity contribution in [3.05, 3.63) is 100 Å².